The molecule has 1 aliphatic carbocycles. The number of ether oxygens (including phenoxy) is 2. The number of hydrogen-bond donors (Lipinski definition) is 0. The van der Waals surface area contributed by atoms with Gasteiger partial charge < -0.3 is 9.47 Å². The Hall–Kier alpha value is -0.690. The molecule has 5 nitrogen and oxygen atoms in total. The van der Waals surface area contributed by atoms with E-state index in [-0.39, 0.29) is 13.0 Å². The number of hydrogen-bond acceptors (Lipinski definition) is 5. The number of carbonyl (C=O) groups is 1. The third-order valence-corrected chi connectivity index (χ3v) is 4.30. The van der Waals surface area contributed by atoms with Crippen LogP contribution in [-0.4, -0.2) is 39.5 Å². The molecule has 2 bridgehead atoms. The van der Waals surface area contributed by atoms with Crippen LogP contribution in [0.25, 0.3) is 0 Å². The van der Waals surface area contributed by atoms with Crippen LogP contribution in [0.15, 0.2) is 0 Å². The summed E-state index contributed by atoms with van der Waals surface area (Å²) in [7, 11) is -3.31. The van der Waals surface area contributed by atoms with Crippen LogP contribution >= 0.6 is 0 Å². The van der Waals surface area contributed by atoms with Crippen molar-refractivity contribution >= 4 is 16.2 Å². The second kappa shape index (κ2) is 3.40. The van der Waals surface area contributed by atoms with Crippen LogP contribution in [0.1, 0.15) is 19.3 Å². The smallest absolute Gasteiger partial charge is 0.314 e. The normalized spacial score (nSPS) is 37.6. The van der Waals surface area contributed by atoms with Gasteiger partial charge in [-0.2, -0.15) is 8.42 Å². The molecule has 1 saturated carbocycles. The van der Waals surface area contributed by atoms with E-state index in [9.17, 15) is 17.1 Å². The highest BCUT2D eigenvalue weighted by Crippen LogP contribution is 2.54. The molecule has 2 atom stereocenters. The van der Waals surface area contributed by atoms with Gasteiger partial charge in [0.25, 0.3) is 0 Å². The minimum Gasteiger partial charge on any atom is -0.469 e. The quantitative estimate of drug-likeness (QED) is 0.537. The maximum atomic E-state index is 12.7. The largest absolute Gasteiger partial charge is 0.469 e. The molecule has 7 heteroatoms. The molecule has 2 fully saturated rings. The van der Waals surface area contributed by atoms with Crippen LogP contribution in [0.4, 0.5) is 3.89 Å². The molecule has 0 amide bonds. The van der Waals surface area contributed by atoms with Crippen molar-refractivity contribution in [1.29, 1.82) is 0 Å². The van der Waals surface area contributed by atoms with Gasteiger partial charge in [0, 0.05) is 0 Å². The lowest BCUT2D eigenvalue weighted by Crippen LogP contribution is -2.34. The van der Waals surface area contributed by atoms with Crippen molar-refractivity contribution in [2.75, 3.05) is 19.5 Å². The van der Waals surface area contributed by atoms with Crippen molar-refractivity contribution in [1.82, 2.24) is 0 Å². The molecule has 92 valence electrons. The van der Waals surface area contributed by atoms with Gasteiger partial charge >= 0.3 is 16.2 Å². The fourth-order valence-corrected chi connectivity index (χ4v) is 3.69. The lowest BCUT2D eigenvalue weighted by atomic mass is 9.88. The van der Waals surface area contributed by atoms with Crippen LogP contribution in [0.3, 0.4) is 0 Å². The fourth-order valence-electron chi connectivity index (χ4n) is 2.73. The topological polar surface area (TPSA) is 69.7 Å². The lowest BCUT2D eigenvalue weighted by Gasteiger charge is -2.25. The molecule has 2 unspecified atom stereocenters. The van der Waals surface area contributed by atoms with E-state index < -0.39 is 33.0 Å². The Morgan fingerprint density at radius 1 is 1.50 bits per heavy atom. The summed E-state index contributed by atoms with van der Waals surface area (Å²) in [4.78, 5) is 11.6. The molecule has 2 aliphatic rings. The first-order chi connectivity index (χ1) is 7.31. The van der Waals surface area contributed by atoms with Gasteiger partial charge in [-0.1, -0.05) is 0 Å². The fraction of sp³-hybridized carbons (Fsp3) is 0.889. The van der Waals surface area contributed by atoms with E-state index in [2.05, 4.69) is 4.74 Å². The number of carbonyl (C=O) groups excluding carboxylic acids is 1. The van der Waals surface area contributed by atoms with Crippen molar-refractivity contribution in [3.63, 3.8) is 0 Å². The number of esters is 1. The molecule has 2 rings (SSSR count). The molecule has 0 N–H and O–H groups in total. The van der Waals surface area contributed by atoms with Crippen molar-refractivity contribution in [3.05, 3.63) is 0 Å². The van der Waals surface area contributed by atoms with Crippen molar-refractivity contribution in [3.8, 4) is 0 Å². The number of fused-ring (bicyclic) bond motifs is 2. The zero-order valence-electron chi connectivity index (χ0n) is 8.86. The summed E-state index contributed by atoms with van der Waals surface area (Å²) < 4.78 is 44.0. The van der Waals surface area contributed by atoms with E-state index in [4.69, 9.17) is 4.74 Å². The van der Waals surface area contributed by atoms with Gasteiger partial charge in [-0.15, -0.1) is 3.89 Å². The van der Waals surface area contributed by atoms with Crippen LogP contribution in [0, 0.1) is 5.41 Å². The van der Waals surface area contributed by atoms with E-state index in [1.165, 1.54) is 7.11 Å². The van der Waals surface area contributed by atoms with Crippen LogP contribution in [0.5, 0.6) is 0 Å². The first-order valence-electron chi connectivity index (χ1n) is 4.96. The molecular weight excluding hydrogens is 239 g/mol. The molecule has 1 aliphatic heterocycles. The van der Waals surface area contributed by atoms with E-state index in [0.29, 0.717) is 12.8 Å². The second-order valence-electron chi connectivity index (χ2n) is 4.60. The highest BCUT2D eigenvalue weighted by molar-refractivity contribution is 7.86. The average Bonchev–Trinajstić information content (AvgIpc) is 2.69. The molecule has 0 aromatic heterocycles. The predicted molar refractivity (Wildman–Crippen MR) is 51.9 cm³/mol. The molecule has 1 heterocycles. The zero-order valence-corrected chi connectivity index (χ0v) is 9.68. The van der Waals surface area contributed by atoms with Gasteiger partial charge in [0.1, 0.15) is 5.75 Å². The van der Waals surface area contributed by atoms with Crippen LogP contribution in [0.2, 0.25) is 0 Å². The number of methoxy groups -OCH3 is 1. The lowest BCUT2D eigenvalue weighted by molar-refractivity contribution is -0.154. The number of rotatable bonds is 3. The first kappa shape index (κ1) is 11.8. The van der Waals surface area contributed by atoms with Gasteiger partial charge in [0.2, 0.25) is 0 Å². The summed E-state index contributed by atoms with van der Waals surface area (Å²) in [6.45, 7) is 0.120. The third-order valence-electron chi connectivity index (χ3n) is 3.43. The maximum absolute atomic E-state index is 12.7. The first-order valence-corrected chi connectivity index (χ1v) is 6.51. The second-order valence-corrected chi connectivity index (χ2v) is 5.97. The number of halogens is 1. The minimum atomic E-state index is -4.59. The van der Waals surface area contributed by atoms with Gasteiger partial charge in [-0.05, 0) is 19.3 Å². The third kappa shape index (κ3) is 1.82. The minimum absolute atomic E-state index is 0.120. The van der Waals surface area contributed by atoms with E-state index in [1.54, 1.807) is 0 Å². The summed E-state index contributed by atoms with van der Waals surface area (Å²) in [6, 6.07) is 0. The zero-order chi connectivity index (χ0) is 12.0. The SMILES string of the molecule is COC(=O)C12CCC(CS(=O)(=O)F)(C1)OC2. The molecule has 0 aromatic carbocycles. The summed E-state index contributed by atoms with van der Waals surface area (Å²) >= 11 is 0. The summed E-state index contributed by atoms with van der Waals surface area (Å²) in [5.74, 6) is -1.07. The predicted octanol–water partition coefficient (Wildman–Crippen LogP) is 0.398. The summed E-state index contributed by atoms with van der Waals surface area (Å²) in [5.41, 5.74) is -1.79. The standard InChI is InChI=1S/C9H13FO5S/c1-14-7(11)8-2-3-9(4-8,15-5-8)6-16(10,12)13/h2-6H2,1H3. The Kier molecular flexibility index (Phi) is 2.50. The molecular formula is C9H13FO5S. The van der Waals surface area contributed by atoms with Crippen molar-refractivity contribution in [2.24, 2.45) is 5.41 Å². The van der Waals surface area contributed by atoms with Gasteiger partial charge in [-0.25, -0.2) is 0 Å². The highest BCUT2D eigenvalue weighted by atomic mass is 32.3. The average molecular weight is 252 g/mol. The van der Waals surface area contributed by atoms with Crippen LogP contribution in [-0.2, 0) is 24.5 Å². The Bertz CT molecular complexity index is 408. The molecule has 16 heavy (non-hydrogen) atoms. The highest BCUT2D eigenvalue weighted by Gasteiger charge is 2.61. The molecule has 0 radical (unpaired) electrons. The summed E-state index contributed by atoms with van der Waals surface area (Å²) in [5, 5.41) is 0. The molecule has 1 saturated heterocycles. The van der Waals surface area contributed by atoms with Crippen molar-refractivity contribution in [2.45, 2.75) is 24.9 Å². The van der Waals surface area contributed by atoms with Gasteiger partial charge in [0.05, 0.1) is 24.7 Å². The van der Waals surface area contributed by atoms with E-state index in [1.807, 2.05) is 0 Å². The monoisotopic (exact) mass is 252 g/mol. The van der Waals surface area contributed by atoms with E-state index >= 15 is 0 Å². The summed E-state index contributed by atoms with van der Waals surface area (Å²) in [6.07, 6.45) is 1.11. The Labute approximate surface area is 93.1 Å². The van der Waals surface area contributed by atoms with Gasteiger partial charge in [0.15, 0.2) is 0 Å². The molecule has 0 spiro atoms. The van der Waals surface area contributed by atoms with E-state index in [0.717, 1.165) is 0 Å². The molecule has 0 aromatic rings. The van der Waals surface area contributed by atoms with Crippen molar-refractivity contribution < 1.29 is 26.6 Å². The Balaban J connectivity index is 2.18. The maximum Gasteiger partial charge on any atom is 0.314 e. The van der Waals surface area contributed by atoms with Gasteiger partial charge in [-0.3, -0.25) is 4.79 Å². The Morgan fingerprint density at radius 3 is 2.62 bits per heavy atom. The van der Waals surface area contributed by atoms with Crippen LogP contribution < -0.4 is 0 Å². The Morgan fingerprint density at radius 2 is 2.19 bits per heavy atom.